The highest BCUT2D eigenvalue weighted by Crippen LogP contribution is 2.29. The summed E-state index contributed by atoms with van der Waals surface area (Å²) in [6, 6.07) is 12.2. The van der Waals surface area contributed by atoms with E-state index in [4.69, 9.17) is 4.98 Å². The van der Waals surface area contributed by atoms with E-state index in [0.717, 1.165) is 72.3 Å². The van der Waals surface area contributed by atoms with Crippen molar-refractivity contribution in [2.75, 3.05) is 26.2 Å². The van der Waals surface area contributed by atoms with Gasteiger partial charge in [-0.2, -0.15) is 0 Å². The van der Waals surface area contributed by atoms with Crippen molar-refractivity contribution in [1.29, 1.82) is 0 Å². The van der Waals surface area contributed by atoms with E-state index >= 15 is 0 Å². The van der Waals surface area contributed by atoms with E-state index < -0.39 is 0 Å². The molecule has 2 fully saturated rings. The van der Waals surface area contributed by atoms with Gasteiger partial charge in [0, 0.05) is 37.7 Å². The molecule has 34 heavy (non-hydrogen) atoms. The number of carbonyl (C=O) groups is 2. The summed E-state index contributed by atoms with van der Waals surface area (Å²) < 4.78 is 0. The molecular weight excluding hydrogens is 424 g/mol. The van der Waals surface area contributed by atoms with Crippen LogP contribution in [0.3, 0.4) is 0 Å². The van der Waals surface area contributed by atoms with Crippen molar-refractivity contribution in [1.82, 2.24) is 19.8 Å². The van der Waals surface area contributed by atoms with Crippen LogP contribution in [0.25, 0.3) is 11.0 Å². The third-order valence-electron chi connectivity index (χ3n) is 7.30. The first kappa shape index (κ1) is 22.6. The number of aromatic nitrogens is 2. The SMILES string of the molecule is Cc1cc(C)cc(C(=O)N2CCCC(C(=O)N3CCCC(c4nc5ccc(C)cc5[nH]4)C3)C2)c1. The molecule has 2 unspecified atom stereocenters. The molecule has 2 amide bonds. The number of hydrogen-bond donors (Lipinski definition) is 1. The van der Waals surface area contributed by atoms with Crippen molar-refractivity contribution in [3.05, 3.63) is 64.5 Å². The number of aryl methyl sites for hydroxylation is 3. The first-order valence-electron chi connectivity index (χ1n) is 12.5. The van der Waals surface area contributed by atoms with Gasteiger partial charge in [-0.25, -0.2) is 4.98 Å². The highest BCUT2D eigenvalue weighted by Gasteiger charge is 2.34. The van der Waals surface area contributed by atoms with Crippen molar-refractivity contribution in [3.8, 4) is 0 Å². The zero-order valence-electron chi connectivity index (χ0n) is 20.4. The molecule has 0 bridgehead atoms. The van der Waals surface area contributed by atoms with Crippen molar-refractivity contribution in [3.63, 3.8) is 0 Å². The van der Waals surface area contributed by atoms with Crippen molar-refractivity contribution >= 4 is 22.8 Å². The smallest absolute Gasteiger partial charge is 0.253 e. The third kappa shape index (κ3) is 4.59. The van der Waals surface area contributed by atoms with Gasteiger partial charge in [0.05, 0.1) is 17.0 Å². The zero-order chi connectivity index (χ0) is 23.8. The van der Waals surface area contributed by atoms with Crippen LogP contribution in [-0.2, 0) is 4.79 Å². The Balaban J connectivity index is 1.27. The molecule has 0 aliphatic carbocycles. The molecule has 6 heteroatoms. The minimum absolute atomic E-state index is 0.0402. The number of carbonyl (C=O) groups excluding carboxylic acids is 2. The number of aromatic amines is 1. The summed E-state index contributed by atoms with van der Waals surface area (Å²) in [5.74, 6) is 1.31. The van der Waals surface area contributed by atoms with Gasteiger partial charge in [0.1, 0.15) is 5.82 Å². The molecule has 6 nitrogen and oxygen atoms in total. The summed E-state index contributed by atoms with van der Waals surface area (Å²) in [4.78, 5) is 38.9. The van der Waals surface area contributed by atoms with Crippen molar-refractivity contribution < 1.29 is 9.59 Å². The average molecular weight is 459 g/mol. The molecule has 2 aliphatic rings. The van der Waals surface area contributed by atoms with Crippen LogP contribution in [0.1, 0.15) is 64.5 Å². The highest BCUT2D eigenvalue weighted by molar-refractivity contribution is 5.95. The molecule has 5 rings (SSSR count). The van der Waals surface area contributed by atoms with Crippen LogP contribution in [0, 0.1) is 26.7 Å². The Labute approximate surface area is 201 Å². The summed E-state index contributed by atoms with van der Waals surface area (Å²) in [6.07, 6.45) is 3.72. The first-order chi connectivity index (χ1) is 16.4. The van der Waals surface area contributed by atoms with E-state index in [-0.39, 0.29) is 23.7 Å². The lowest BCUT2D eigenvalue weighted by molar-refractivity contribution is -0.138. The summed E-state index contributed by atoms with van der Waals surface area (Å²) >= 11 is 0. The maximum Gasteiger partial charge on any atom is 0.253 e. The molecule has 2 aromatic carbocycles. The predicted octanol–water partition coefficient (Wildman–Crippen LogP) is 4.75. The maximum absolute atomic E-state index is 13.5. The van der Waals surface area contributed by atoms with E-state index in [0.29, 0.717) is 13.1 Å². The first-order valence-corrected chi connectivity index (χ1v) is 12.5. The zero-order valence-corrected chi connectivity index (χ0v) is 20.4. The second-order valence-corrected chi connectivity index (χ2v) is 10.2. The van der Waals surface area contributed by atoms with Gasteiger partial charge in [-0.1, -0.05) is 23.3 Å². The van der Waals surface area contributed by atoms with Crippen molar-refractivity contribution in [2.24, 2.45) is 5.92 Å². The standard InChI is InChI=1S/C28H34N4O2/c1-18-8-9-24-25(15-18)30-26(29-24)21-6-4-10-31(16-21)27(33)22-7-5-11-32(17-22)28(34)23-13-19(2)12-20(3)14-23/h8-9,12-15,21-22H,4-7,10-11,16-17H2,1-3H3,(H,29,30). The minimum atomic E-state index is -0.124. The summed E-state index contributed by atoms with van der Waals surface area (Å²) in [5, 5.41) is 0. The monoisotopic (exact) mass is 458 g/mol. The quantitative estimate of drug-likeness (QED) is 0.616. The van der Waals surface area contributed by atoms with Gasteiger partial charge in [0.25, 0.3) is 5.91 Å². The summed E-state index contributed by atoms with van der Waals surface area (Å²) in [6.45, 7) is 8.82. The number of likely N-dealkylation sites (tertiary alicyclic amines) is 2. The average Bonchev–Trinajstić information content (AvgIpc) is 3.26. The molecule has 0 saturated carbocycles. The van der Waals surface area contributed by atoms with Gasteiger partial charge in [-0.05, 0) is 76.3 Å². The normalized spacial score (nSPS) is 21.1. The van der Waals surface area contributed by atoms with E-state index in [1.54, 1.807) is 0 Å². The van der Waals surface area contributed by atoms with E-state index in [1.165, 1.54) is 5.56 Å². The predicted molar refractivity (Wildman–Crippen MR) is 134 cm³/mol. The second-order valence-electron chi connectivity index (χ2n) is 10.2. The number of H-pyrrole nitrogens is 1. The molecule has 1 aromatic heterocycles. The van der Waals surface area contributed by atoms with Gasteiger partial charge in [0.2, 0.25) is 5.91 Å². The largest absolute Gasteiger partial charge is 0.342 e. The van der Waals surface area contributed by atoms with Gasteiger partial charge in [0.15, 0.2) is 0 Å². The lowest BCUT2D eigenvalue weighted by atomic mass is 9.92. The Kier molecular flexibility index (Phi) is 6.15. The molecule has 1 N–H and O–H groups in total. The fourth-order valence-electron chi connectivity index (χ4n) is 5.64. The van der Waals surface area contributed by atoms with Crippen LogP contribution in [0.2, 0.25) is 0 Å². The van der Waals surface area contributed by atoms with Crippen LogP contribution < -0.4 is 0 Å². The summed E-state index contributed by atoms with van der Waals surface area (Å²) in [7, 11) is 0. The Bertz CT molecular complexity index is 1210. The second kappa shape index (κ2) is 9.24. The molecule has 0 spiro atoms. The Morgan fingerprint density at radius 1 is 0.882 bits per heavy atom. The number of piperidine rings is 2. The lowest BCUT2D eigenvalue weighted by Crippen LogP contribution is -2.49. The van der Waals surface area contributed by atoms with Crippen LogP contribution in [0.15, 0.2) is 36.4 Å². The number of hydrogen-bond acceptors (Lipinski definition) is 3. The van der Waals surface area contributed by atoms with E-state index in [1.807, 2.05) is 35.8 Å². The Morgan fingerprint density at radius 2 is 1.62 bits per heavy atom. The molecule has 178 valence electrons. The van der Waals surface area contributed by atoms with Crippen LogP contribution in [0.4, 0.5) is 0 Å². The lowest BCUT2D eigenvalue weighted by Gasteiger charge is -2.38. The van der Waals surface area contributed by atoms with E-state index in [9.17, 15) is 9.59 Å². The van der Waals surface area contributed by atoms with Gasteiger partial charge < -0.3 is 14.8 Å². The Morgan fingerprint density at radius 3 is 2.41 bits per heavy atom. The van der Waals surface area contributed by atoms with Crippen LogP contribution in [0.5, 0.6) is 0 Å². The van der Waals surface area contributed by atoms with Gasteiger partial charge >= 0.3 is 0 Å². The molecular formula is C28H34N4O2. The van der Waals surface area contributed by atoms with Gasteiger partial charge in [-0.15, -0.1) is 0 Å². The summed E-state index contributed by atoms with van der Waals surface area (Å²) in [5.41, 5.74) is 6.16. The van der Waals surface area contributed by atoms with Crippen LogP contribution >= 0.6 is 0 Å². The fraction of sp³-hybridized carbons (Fsp3) is 0.464. The maximum atomic E-state index is 13.5. The van der Waals surface area contributed by atoms with E-state index in [2.05, 4.69) is 36.2 Å². The Hall–Kier alpha value is -3.15. The number of amides is 2. The third-order valence-corrected chi connectivity index (χ3v) is 7.30. The van der Waals surface area contributed by atoms with Crippen molar-refractivity contribution in [2.45, 2.75) is 52.4 Å². The number of imidazole rings is 1. The number of fused-ring (bicyclic) bond motifs is 1. The number of rotatable bonds is 3. The van der Waals surface area contributed by atoms with Crippen LogP contribution in [-0.4, -0.2) is 57.8 Å². The molecule has 2 saturated heterocycles. The molecule has 2 atom stereocenters. The van der Waals surface area contributed by atoms with Gasteiger partial charge in [-0.3, -0.25) is 9.59 Å². The molecule has 0 radical (unpaired) electrons. The topological polar surface area (TPSA) is 69.3 Å². The highest BCUT2D eigenvalue weighted by atomic mass is 16.2. The molecule has 2 aliphatic heterocycles. The minimum Gasteiger partial charge on any atom is -0.342 e. The number of benzene rings is 2. The fourth-order valence-corrected chi connectivity index (χ4v) is 5.64. The number of nitrogens with zero attached hydrogens (tertiary/aromatic N) is 3. The number of nitrogens with one attached hydrogen (secondary N) is 1. The molecule has 3 heterocycles. The molecule has 3 aromatic rings.